The Morgan fingerprint density at radius 3 is 2.55 bits per heavy atom. The molecule has 66 valence electrons. The number of rotatable bonds is 2. The Bertz CT molecular complexity index is 134. The lowest BCUT2D eigenvalue weighted by Crippen LogP contribution is -2.46. The van der Waals surface area contributed by atoms with Crippen LogP contribution in [-0.4, -0.2) is 36.7 Å². The zero-order valence-electron chi connectivity index (χ0n) is 7.31. The fraction of sp³-hybridized carbons (Fsp3) is 1.00. The van der Waals surface area contributed by atoms with Gasteiger partial charge in [-0.3, -0.25) is 4.90 Å². The van der Waals surface area contributed by atoms with Crippen LogP contribution in [0.5, 0.6) is 0 Å². The monoisotopic (exact) mass is 160 g/mol. The summed E-state index contributed by atoms with van der Waals surface area (Å²) < 4.78 is 12.9. The summed E-state index contributed by atoms with van der Waals surface area (Å²) in [6.07, 6.45) is 0.875. The molecule has 0 aromatic rings. The average molecular weight is 160 g/mol. The molecular formula is C8H17FN2. The quantitative estimate of drug-likeness (QED) is 0.646. The summed E-state index contributed by atoms with van der Waals surface area (Å²) in [5, 5.41) is 0. The molecule has 1 fully saturated rings. The van der Waals surface area contributed by atoms with Crippen molar-refractivity contribution in [2.24, 2.45) is 5.73 Å². The SMILES string of the molecule is CCC1(CN)CC(F)CN1C. The van der Waals surface area contributed by atoms with Gasteiger partial charge in [0.25, 0.3) is 0 Å². The maximum absolute atomic E-state index is 12.9. The van der Waals surface area contributed by atoms with Crippen molar-refractivity contribution in [1.29, 1.82) is 0 Å². The smallest absolute Gasteiger partial charge is 0.115 e. The first-order valence-electron chi connectivity index (χ1n) is 4.20. The molecule has 2 nitrogen and oxygen atoms in total. The molecule has 0 radical (unpaired) electrons. The van der Waals surface area contributed by atoms with Gasteiger partial charge in [-0.05, 0) is 19.9 Å². The fourth-order valence-corrected chi connectivity index (χ4v) is 1.92. The van der Waals surface area contributed by atoms with Crippen molar-refractivity contribution in [3.05, 3.63) is 0 Å². The normalized spacial score (nSPS) is 39.8. The number of nitrogens with zero attached hydrogens (tertiary/aromatic N) is 1. The van der Waals surface area contributed by atoms with E-state index in [2.05, 4.69) is 11.8 Å². The van der Waals surface area contributed by atoms with Gasteiger partial charge in [0.15, 0.2) is 0 Å². The van der Waals surface area contributed by atoms with E-state index in [1.54, 1.807) is 0 Å². The molecule has 1 aliphatic heterocycles. The van der Waals surface area contributed by atoms with E-state index >= 15 is 0 Å². The summed E-state index contributed by atoms with van der Waals surface area (Å²) in [6, 6.07) is 0. The topological polar surface area (TPSA) is 29.3 Å². The number of hydrogen-bond donors (Lipinski definition) is 1. The Kier molecular flexibility index (Phi) is 2.50. The number of likely N-dealkylation sites (N-methyl/N-ethyl adjacent to an activating group) is 1. The molecule has 0 amide bonds. The first kappa shape index (κ1) is 8.94. The van der Waals surface area contributed by atoms with Gasteiger partial charge in [0.05, 0.1) is 0 Å². The number of nitrogens with two attached hydrogens (primary N) is 1. The van der Waals surface area contributed by atoms with Crippen LogP contribution in [0.15, 0.2) is 0 Å². The van der Waals surface area contributed by atoms with Crippen LogP contribution in [-0.2, 0) is 0 Å². The molecule has 1 aliphatic rings. The minimum atomic E-state index is -0.677. The second-order valence-corrected chi connectivity index (χ2v) is 3.46. The average Bonchev–Trinajstić information content (AvgIpc) is 2.27. The Labute approximate surface area is 67.6 Å². The van der Waals surface area contributed by atoms with E-state index in [1.165, 1.54) is 0 Å². The number of halogens is 1. The number of hydrogen-bond acceptors (Lipinski definition) is 2. The fourth-order valence-electron chi connectivity index (χ4n) is 1.92. The predicted molar refractivity (Wildman–Crippen MR) is 44.2 cm³/mol. The lowest BCUT2D eigenvalue weighted by molar-refractivity contribution is 0.175. The van der Waals surface area contributed by atoms with Gasteiger partial charge in [-0.15, -0.1) is 0 Å². The molecule has 1 rings (SSSR count). The van der Waals surface area contributed by atoms with E-state index in [1.807, 2.05) is 7.05 Å². The van der Waals surface area contributed by atoms with Crippen molar-refractivity contribution in [3.8, 4) is 0 Å². The second-order valence-electron chi connectivity index (χ2n) is 3.46. The highest BCUT2D eigenvalue weighted by atomic mass is 19.1. The maximum Gasteiger partial charge on any atom is 0.115 e. The van der Waals surface area contributed by atoms with Crippen LogP contribution in [0.3, 0.4) is 0 Å². The summed E-state index contributed by atoms with van der Waals surface area (Å²) in [4.78, 5) is 2.05. The molecule has 0 saturated carbocycles. The van der Waals surface area contributed by atoms with Gasteiger partial charge in [-0.1, -0.05) is 6.92 Å². The Morgan fingerprint density at radius 1 is 1.73 bits per heavy atom. The predicted octanol–water partition coefficient (Wildman–Crippen LogP) is 0.767. The van der Waals surface area contributed by atoms with Gasteiger partial charge < -0.3 is 5.73 Å². The first-order chi connectivity index (χ1) is 5.14. The first-order valence-corrected chi connectivity index (χ1v) is 4.20. The molecule has 2 N–H and O–H groups in total. The molecule has 11 heavy (non-hydrogen) atoms. The minimum Gasteiger partial charge on any atom is -0.329 e. The molecule has 1 saturated heterocycles. The van der Waals surface area contributed by atoms with Gasteiger partial charge in [0.2, 0.25) is 0 Å². The largest absolute Gasteiger partial charge is 0.329 e. The van der Waals surface area contributed by atoms with E-state index in [0.29, 0.717) is 19.5 Å². The third kappa shape index (κ3) is 1.40. The summed E-state index contributed by atoms with van der Waals surface area (Å²) >= 11 is 0. The molecule has 0 aromatic heterocycles. The zero-order chi connectivity index (χ0) is 8.48. The second kappa shape index (κ2) is 3.07. The Balaban J connectivity index is 2.67. The summed E-state index contributed by atoms with van der Waals surface area (Å²) in [5.74, 6) is 0. The van der Waals surface area contributed by atoms with Crippen molar-refractivity contribution >= 4 is 0 Å². The van der Waals surface area contributed by atoms with E-state index in [4.69, 9.17) is 5.73 Å². The van der Waals surface area contributed by atoms with E-state index in [9.17, 15) is 4.39 Å². The van der Waals surface area contributed by atoms with E-state index in [-0.39, 0.29) is 5.54 Å². The van der Waals surface area contributed by atoms with Crippen LogP contribution in [0.4, 0.5) is 4.39 Å². The molecule has 0 aromatic carbocycles. The van der Waals surface area contributed by atoms with Crippen LogP contribution in [0.25, 0.3) is 0 Å². The maximum atomic E-state index is 12.9. The highest BCUT2D eigenvalue weighted by Crippen LogP contribution is 2.31. The van der Waals surface area contributed by atoms with Crippen LogP contribution < -0.4 is 5.73 Å². The number of alkyl halides is 1. The zero-order valence-corrected chi connectivity index (χ0v) is 7.31. The standard InChI is InChI=1S/C8H17FN2/c1-3-8(6-10)4-7(9)5-11(8)2/h7H,3-6,10H2,1-2H3. The minimum absolute atomic E-state index is 0.0561. The van der Waals surface area contributed by atoms with E-state index < -0.39 is 6.17 Å². The van der Waals surface area contributed by atoms with Crippen LogP contribution in [0.1, 0.15) is 19.8 Å². The molecule has 2 unspecified atom stereocenters. The molecule has 2 atom stereocenters. The molecular weight excluding hydrogens is 143 g/mol. The van der Waals surface area contributed by atoms with Gasteiger partial charge in [0, 0.05) is 18.6 Å². The van der Waals surface area contributed by atoms with Crippen molar-refractivity contribution in [2.75, 3.05) is 20.1 Å². The van der Waals surface area contributed by atoms with Crippen LogP contribution in [0, 0.1) is 0 Å². The van der Waals surface area contributed by atoms with Crippen LogP contribution in [0.2, 0.25) is 0 Å². The van der Waals surface area contributed by atoms with Gasteiger partial charge in [-0.25, -0.2) is 4.39 Å². The van der Waals surface area contributed by atoms with Crippen molar-refractivity contribution in [2.45, 2.75) is 31.5 Å². The van der Waals surface area contributed by atoms with Crippen LogP contribution >= 0.6 is 0 Å². The van der Waals surface area contributed by atoms with E-state index in [0.717, 1.165) is 6.42 Å². The molecule has 0 bridgehead atoms. The molecule has 3 heteroatoms. The third-order valence-electron chi connectivity index (χ3n) is 2.92. The highest BCUT2D eigenvalue weighted by molar-refractivity contribution is 4.97. The lowest BCUT2D eigenvalue weighted by atomic mass is 9.93. The molecule has 1 heterocycles. The Hall–Kier alpha value is -0.150. The summed E-state index contributed by atoms with van der Waals surface area (Å²) in [7, 11) is 1.95. The lowest BCUT2D eigenvalue weighted by Gasteiger charge is -2.33. The summed E-state index contributed by atoms with van der Waals surface area (Å²) in [6.45, 7) is 3.19. The Morgan fingerprint density at radius 2 is 2.36 bits per heavy atom. The van der Waals surface area contributed by atoms with Crippen molar-refractivity contribution in [1.82, 2.24) is 4.90 Å². The molecule has 0 spiro atoms. The van der Waals surface area contributed by atoms with Crippen molar-refractivity contribution in [3.63, 3.8) is 0 Å². The number of likely N-dealkylation sites (tertiary alicyclic amines) is 1. The van der Waals surface area contributed by atoms with Gasteiger partial charge in [-0.2, -0.15) is 0 Å². The van der Waals surface area contributed by atoms with Gasteiger partial charge >= 0.3 is 0 Å². The highest BCUT2D eigenvalue weighted by Gasteiger charge is 2.41. The third-order valence-corrected chi connectivity index (χ3v) is 2.92. The molecule has 0 aliphatic carbocycles. The van der Waals surface area contributed by atoms with Gasteiger partial charge in [0.1, 0.15) is 6.17 Å². The van der Waals surface area contributed by atoms with Crippen molar-refractivity contribution < 1.29 is 4.39 Å². The summed E-state index contributed by atoms with van der Waals surface area (Å²) in [5.41, 5.74) is 5.57.